The number of amides is 2. The standard InChI is InChI=1S/C24H28FN7O2/c1-14-12-32-13-17(10-20(25)23(32)28-14)30-24(34)18-4-5-21(19(11-27-3)22(18)26)31-8-6-16(7-9-31)29-15(2)33/h4-5,10-13,16H,6-9,26H2,1-3H3,(H,29,33)(H,30,34). The maximum Gasteiger partial charge on any atom is 0.257 e. The van der Waals surface area contributed by atoms with Gasteiger partial charge in [-0.25, -0.2) is 9.37 Å². The molecule has 2 amide bonds. The number of halogens is 1. The maximum atomic E-state index is 14.4. The van der Waals surface area contributed by atoms with Gasteiger partial charge in [-0.1, -0.05) is 0 Å². The number of nitrogens with zero attached hydrogens (tertiary/aromatic N) is 4. The number of nitrogens with one attached hydrogen (secondary N) is 2. The SMILES string of the molecule is CN=Cc1c(N2CCC(NC(C)=O)CC2)ccc(C(=O)Nc2cc(F)c3nc(C)cn3c2)c1N. The van der Waals surface area contributed by atoms with Crippen LogP contribution in [0.25, 0.3) is 5.65 Å². The van der Waals surface area contributed by atoms with E-state index >= 15 is 0 Å². The summed E-state index contributed by atoms with van der Waals surface area (Å²) in [7, 11) is 1.64. The first-order valence-corrected chi connectivity index (χ1v) is 11.1. The zero-order valence-electron chi connectivity index (χ0n) is 19.4. The Balaban J connectivity index is 1.58. The lowest BCUT2D eigenvalue weighted by Crippen LogP contribution is -2.44. The van der Waals surface area contributed by atoms with E-state index in [0.29, 0.717) is 22.6 Å². The summed E-state index contributed by atoms with van der Waals surface area (Å²) in [5.41, 5.74) is 9.68. The molecule has 9 nitrogen and oxygen atoms in total. The predicted molar refractivity (Wildman–Crippen MR) is 131 cm³/mol. The molecule has 0 radical (unpaired) electrons. The molecule has 0 aliphatic carbocycles. The molecule has 0 atom stereocenters. The van der Waals surface area contributed by atoms with E-state index in [2.05, 4.69) is 25.5 Å². The monoisotopic (exact) mass is 465 g/mol. The minimum absolute atomic E-state index is 0.0286. The van der Waals surface area contributed by atoms with Crippen LogP contribution in [0.5, 0.6) is 0 Å². The van der Waals surface area contributed by atoms with E-state index in [0.717, 1.165) is 31.6 Å². The van der Waals surface area contributed by atoms with E-state index in [1.807, 2.05) is 6.07 Å². The fourth-order valence-electron chi connectivity index (χ4n) is 4.36. The van der Waals surface area contributed by atoms with Crippen LogP contribution in [-0.2, 0) is 4.79 Å². The molecule has 178 valence electrons. The highest BCUT2D eigenvalue weighted by atomic mass is 19.1. The topological polar surface area (TPSA) is 117 Å². The molecule has 1 aliphatic heterocycles. The van der Waals surface area contributed by atoms with Gasteiger partial charge in [-0.05, 0) is 31.9 Å². The molecule has 34 heavy (non-hydrogen) atoms. The third kappa shape index (κ3) is 4.70. The van der Waals surface area contributed by atoms with E-state index in [9.17, 15) is 14.0 Å². The summed E-state index contributed by atoms with van der Waals surface area (Å²) in [6.07, 6.45) is 6.55. The Morgan fingerprint density at radius 3 is 2.68 bits per heavy atom. The lowest BCUT2D eigenvalue weighted by atomic mass is 10.00. The van der Waals surface area contributed by atoms with Crippen LogP contribution in [0, 0.1) is 12.7 Å². The zero-order chi connectivity index (χ0) is 24.4. The fourth-order valence-corrected chi connectivity index (χ4v) is 4.36. The first kappa shape index (κ1) is 23.2. The van der Waals surface area contributed by atoms with Gasteiger partial charge in [0.1, 0.15) is 0 Å². The molecule has 1 fully saturated rings. The Morgan fingerprint density at radius 1 is 1.26 bits per heavy atom. The highest BCUT2D eigenvalue weighted by Crippen LogP contribution is 2.30. The number of aromatic nitrogens is 2. The Bertz CT molecular complexity index is 1280. The molecule has 1 saturated heterocycles. The molecular weight excluding hydrogens is 437 g/mol. The van der Waals surface area contributed by atoms with Crippen LogP contribution >= 0.6 is 0 Å². The molecule has 3 aromatic rings. The first-order valence-electron chi connectivity index (χ1n) is 11.1. The second kappa shape index (κ2) is 9.50. The minimum atomic E-state index is -0.532. The van der Waals surface area contributed by atoms with E-state index in [-0.39, 0.29) is 23.2 Å². The zero-order valence-corrected chi connectivity index (χ0v) is 19.4. The molecule has 0 unspecified atom stereocenters. The number of pyridine rings is 1. The van der Waals surface area contributed by atoms with Gasteiger partial charge in [-0.2, -0.15) is 0 Å². The summed E-state index contributed by atoms with van der Waals surface area (Å²) in [6, 6.07) is 4.90. The van der Waals surface area contributed by atoms with Crippen LogP contribution in [0.4, 0.5) is 21.5 Å². The number of imidazole rings is 1. The highest BCUT2D eigenvalue weighted by molar-refractivity contribution is 6.11. The van der Waals surface area contributed by atoms with Gasteiger partial charge in [0.05, 0.1) is 22.6 Å². The van der Waals surface area contributed by atoms with Gasteiger partial charge in [0, 0.05) is 69.0 Å². The normalized spacial score (nSPS) is 14.6. The average Bonchev–Trinajstić information content (AvgIpc) is 3.16. The summed E-state index contributed by atoms with van der Waals surface area (Å²) in [4.78, 5) is 34.8. The van der Waals surface area contributed by atoms with Crippen molar-refractivity contribution < 1.29 is 14.0 Å². The number of hydrogen-bond acceptors (Lipinski definition) is 6. The number of fused-ring (bicyclic) bond motifs is 1. The number of anilines is 3. The van der Waals surface area contributed by atoms with Crippen molar-refractivity contribution in [3.8, 4) is 0 Å². The molecule has 0 bridgehead atoms. The van der Waals surface area contributed by atoms with Gasteiger partial charge in [0.25, 0.3) is 5.91 Å². The van der Waals surface area contributed by atoms with Crippen LogP contribution in [0.1, 0.15) is 41.4 Å². The van der Waals surface area contributed by atoms with Crippen molar-refractivity contribution in [2.75, 3.05) is 36.1 Å². The number of nitrogen functional groups attached to an aromatic ring is 1. The number of aryl methyl sites for hydroxylation is 1. The van der Waals surface area contributed by atoms with Gasteiger partial charge in [-0.3, -0.25) is 14.6 Å². The molecule has 0 saturated carbocycles. The van der Waals surface area contributed by atoms with E-state index in [4.69, 9.17) is 5.73 Å². The second-order valence-electron chi connectivity index (χ2n) is 8.45. The third-order valence-electron chi connectivity index (χ3n) is 5.89. The lowest BCUT2D eigenvalue weighted by Gasteiger charge is -2.35. The minimum Gasteiger partial charge on any atom is -0.397 e. The lowest BCUT2D eigenvalue weighted by molar-refractivity contribution is -0.119. The number of carbonyl (C=O) groups excluding carboxylic acids is 2. The van der Waals surface area contributed by atoms with E-state index in [1.165, 1.54) is 17.4 Å². The Labute approximate surface area is 196 Å². The number of aliphatic imine (C=N–C) groups is 1. The molecular formula is C24H28FN7O2. The number of benzene rings is 1. The smallest absolute Gasteiger partial charge is 0.257 e. The van der Waals surface area contributed by atoms with Gasteiger partial charge < -0.3 is 25.7 Å². The van der Waals surface area contributed by atoms with Crippen molar-refractivity contribution >= 4 is 40.7 Å². The summed E-state index contributed by atoms with van der Waals surface area (Å²) >= 11 is 0. The largest absolute Gasteiger partial charge is 0.397 e. The third-order valence-corrected chi connectivity index (χ3v) is 5.89. The second-order valence-corrected chi connectivity index (χ2v) is 8.45. The molecule has 3 heterocycles. The molecule has 10 heteroatoms. The van der Waals surface area contributed by atoms with Crippen molar-refractivity contribution in [3.63, 3.8) is 0 Å². The summed E-state index contributed by atoms with van der Waals surface area (Å²) in [5, 5.41) is 5.69. The molecule has 2 aromatic heterocycles. The number of hydrogen-bond donors (Lipinski definition) is 3. The van der Waals surface area contributed by atoms with Crippen molar-refractivity contribution in [2.45, 2.75) is 32.7 Å². The van der Waals surface area contributed by atoms with Gasteiger partial charge in [-0.15, -0.1) is 0 Å². The molecule has 4 rings (SSSR count). The van der Waals surface area contributed by atoms with Crippen LogP contribution in [0.2, 0.25) is 0 Å². The van der Waals surface area contributed by atoms with Gasteiger partial charge in [0.15, 0.2) is 11.5 Å². The summed E-state index contributed by atoms with van der Waals surface area (Å²) < 4.78 is 15.9. The summed E-state index contributed by atoms with van der Waals surface area (Å²) in [6.45, 7) is 4.77. The van der Waals surface area contributed by atoms with Crippen molar-refractivity contribution in [1.29, 1.82) is 0 Å². The van der Waals surface area contributed by atoms with Gasteiger partial charge in [0.2, 0.25) is 5.91 Å². The Hall–Kier alpha value is -3.95. The van der Waals surface area contributed by atoms with Crippen LogP contribution < -0.4 is 21.3 Å². The number of nitrogens with two attached hydrogens (primary N) is 1. The Kier molecular flexibility index (Phi) is 6.49. The van der Waals surface area contributed by atoms with Crippen LogP contribution in [0.15, 0.2) is 35.6 Å². The van der Waals surface area contributed by atoms with Gasteiger partial charge >= 0.3 is 0 Å². The number of rotatable bonds is 5. The average molecular weight is 466 g/mol. The Morgan fingerprint density at radius 2 is 2.00 bits per heavy atom. The van der Waals surface area contributed by atoms with Crippen LogP contribution in [0.3, 0.4) is 0 Å². The van der Waals surface area contributed by atoms with Crippen molar-refractivity contribution in [2.24, 2.45) is 4.99 Å². The quantitative estimate of drug-likeness (QED) is 0.396. The highest BCUT2D eigenvalue weighted by Gasteiger charge is 2.24. The van der Waals surface area contributed by atoms with E-state index in [1.54, 1.807) is 38.6 Å². The van der Waals surface area contributed by atoms with Crippen molar-refractivity contribution in [3.05, 3.63) is 53.2 Å². The molecule has 0 spiro atoms. The van der Waals surface area contributed by atoms with Crippen LogP contribution in [-0.4, -0.2) is 53.6 Å². The predicted octanol–water partition coefficient (Wildman–Crippen LogP) is 2.77. The maximum absolute atomic E-state index is 14.4. The molecule has 4 N–H and O–H groups in total. The first-order chi connectivity index (χ1) is 16.3. The van der Waals surface area contributed by atoms with E-state index < -0.39 is 11.7 Å². The number of piperidine rings is 1. The van der Waals surface area contributed by atoms with Crippen molar-refractivity contribution in [1.82, 2.24) is 14.7 Å². The molecule has 1 aromatic carbocycles. The summed E-state index contributed by atoms with van der Waals surface area (Å²) in [5.74, 6) is -1.01. The number of carbonyl (C=O) groups is 2. The molecule has 1 aliphatic rings. The fraction of sp³-hybridized carbons (Fsp3) is 0.333.